The third-order valence-corrected chi connectivity index (χ3v) is 13.1. The molecule has 5 aliphatic rings. The lowest BCUT2D eigenvalue weighted by molar-refractivity contribution is -0.116. The molecule has 68 heavy (non-hydrogen) atoms. The first-order valence-corrected chi connectivity index (χ1v) is 22.4. The zero-order chi connectivity index (χ0) is 49.2. The van der Waals surface area contributed by atoms with Crippen molar-refractivity contribution in [2.75, 3.05) is 33.4 Å². The van der Waals surface area contributed by atoms with Crippen molar-refractivity contribution >= 4 is 29.4 Å². The molecule has 19 heteroatoms. The smallest absolute Gasteiger partial charge is 0.407 e. The van der Waals surface area contributed by atoms with E-state index in [2.05, 4.69) is 20.8 Å². The predicted molar refractivity (Wildman–Crippen MR) is 242 cm³/mol. The quantitative estimate of drug-likeness (QED) is 0.224. The van der Waals surface area contributed by atoms with Gasteiger partial charge < -0.3 is 59.1 Å². The third kappa shape index (κ3) is 9.56. The molecule has 0 spiro atoms. The minimum absolute atomic E-state index is 0.0199. The molecule has 4 aliphatic heterocycles. The number of ketones is 3. The number of amides is 2. The molecule has 6 heterocycles. The fourth-order valence-corrected chi connectivity index (χ4v) is 8.93. The van der Waals surface area contributed by atoms with E-state index in [1.165, 1.54) is 40.0 Å². The standard InChI is InChI=1S/C49H57N5O14/c1-24-12-11-13-25(2)47(61)52-37-38(54-17-20-64-21-18-54)43(59)34-35(42(37)58)41(57)29(6)45-36(34)46(60)49(7,67-45)65-19-15-33(63-8)26(3)44(28(5)40(56)27(4)39(24)55)66-48(62)51-23-30-22-32(53-68-30)31-14-9-10-16-50-31/h9-16,19,22,24,26-28,33,39-40,44,55-57H,17-18,20-21,23H2,1-8H3,(H,51,62)(H,52,61)/t24-,26+,27+,28+,33-,39-,40+,44+,49-/m0/s1. The van der Waals surface area contributed by atoms with Gasteiger partial charge in [0.15, 0.2) is 5.76 Å². The molecule has 0 unspecified atom stereocenters. The summed E-state index contributed by atoms with van der Waals surface area (Å²) in [7, 11) is 1.41. The summed E-state index contributed by atoms with van der Waals surface area (Å²) in [4.78, 5) is 77.1. The minimum Gasteiger partial charge on any atom is -0.507 e. The Morgan fingerprint density at radius 3 is 2.38 bits per heavy atom. The van der Waals surface area contributed by atoms with Crippen molar-refractivity contribution in [2.45, 2.75) is 85.2 Å². The second-order valence-electron chi connectivity index (χ2n) is 17.7. The number of hydrogen-bond acceptors (Lipinski definition) is 17. The van der Waals surface area contributed by atoms with Crippen molar-refractivity contribution in [1.29, 1.82) is 0 Å². The highest BCUT2D eigenvalue weighted by atomic mass is 16.7. The van der Waals surface area contributed by atoms with E-state index in [1.54, 1.807) is 75.2 Å². The summed E-state index contributed by atoms with van der Waals surface area (Å²) in [5, 5.41) is 44.3. The maximum atomic E-state index is 14.8. The van der Waals surface area contributed by atoms with Crippen molar-refractivity contribution in [3.8, 4) is 22.9 Å². The summed E-state index contributed by atoms with van der Waals surface area (Å²) in [6.45, 7) is 11.7. The Bertz CT molecular complexity index is 2580. The number of ether oxygens (including phenoxy) is 5. The number of fused-ring (bicyclic) bond motifs is 14. The van der Waals surface area contributed by atoms with Gasteiger partial charge in [-0.3, -0.25) is 24.2 Å². The van der Waals surface area contributed by atoms with E-state index >= 15 is 0 Å². The zero-order valence-electron chi connectivity index (χ0n) is 39.1. The number of nitrogens with zero attached hydrogens (tertiary/aromatic N) is 3. The number of methoxy groups -OCH3 is 1. The van der Waals surface area contributed by atoms with E-state index < -0.39 is 100 Å². The number of nitrogens with one attached hydrogen (secondary N) is 2. The Morgan fingerprint density at radius 1 is 0.956 bits per heavy atom. The van der Waals surface area contributed by atoms with Gasteiger partial charge in [0.25, 0.3) is 11.7 Å². The summed E-state index contributed by atoms with van der Waals surface area (Å²) < 4.78 is 35.0. The summed E-state index contributed by atoms with van der Waals surface area (Å²) in [5.74, 6) is -8.79. The molecular weight excluding hydrogens is 883 g/mol. The number of morpholine rings is 1. The number of phenolic OH excluding ortho intramolecular Hbond substituents is 1. The maximum absolute atomic E-state index is 14.8. The van der Waals surface area contributed by atoms with Crippen LogP contribution < -0.4 is 15.4 Å². The van der Waals surface area contributed by atoms with Crippen LogP contribution in [0, 0.1) is 30.6 Å². The van der Waals surface area contributed by atoms with Crippen LogP contribution in [0.25, 0.3) is 11.4 Å². The van der Waals surface area contributed by atoms with Crippen molar-refractivity contribution in [2.24, 2.45) is 23.7 Å². The molecular formula is C49H57N5O14. The molecule has 2 aromatic heterocycles. The van der Waals surface area contributed by atoms with Gasteiger partial charge in [-0.05, 0) is 32.1 Å². The van der Waals surface area contributed by atoms with Crippen LogP contribution in [-0.4, -0.2) is 123 Å². The molecule has 3 aromatic rings. The normalized spacial score (nSPS) is 28.2. The highest BCUT2D eigenvalue weighted by Gasteiger charge is 2.53. The number of carbonyl (C=O) groups excluding carboxylic acids is 5. The molecule has 8 rings (SSSR count). The summed E-state index contributed by atoms with van der Waals surface area (Å²) >= 11 is 0. The van der Waals surface area contributed by atoms with Crippen LogP contribution in [0.5, 0.6) is 11.5 Å². The number of aromatic hydroxyl groups is 1. The number of alkyl carbamates (subject to hydrolysis) is 1. The number of benzene rings is 1. The Morgan fingerprint density at radius 2 is 1.69 bits per heavy atom. The first-order valence-electron chi connectivity index (χ1n) is 22.4. The molecule has 0 radical (unpaired) electrons. The number of aliphatic hydroxyl groups excluding tert-OH is 2. The Labute approximate surface area is 392 Å². The number of aliphatic hydroxyl groups is 2. The van der Waals surface area contributed by atoms with Crippen LogP contribution in [0.3, 0.4) is 0 Å². The van der Waals surface area contributed by atoms with Crippen molar-refractivity contribution in [1.82, 2.24) is 25.7 Å². The van der Waals surface area contributed by atoms with Crippen molar-refractivity contribution in [3.63, 3.8) is 0 Å². The highest BCUT2D eigenvalue weighted by Crippen LogP contribution is 2.49. The largest absolute Gasteiger partial charge is 0.507 e. The van der Waals surface area contributed by atoms with E-state index in [1.807, 2.05) is 0 Å². The van der Waals surface area contributed by atoms with Gasteiger partial charge in [-0.25, -0.2) is 4.79 Å². The molecule has 1 aromatic carbocycles. The molecule has 5 N–H and O–H groups in total. The molecule has 1 aliphatic carbocycles. The van der Waals surface area contributed by atoms with Crippen LogP contribution in [0.4, 0.5) is 4.79 Å². The number of allylic oxidation sites excluding steroid dienone is 4. The van der Waals surface area contributed by atoms with Crippen LogP contribution in [0.15, 0.2) is 82.5 Å². The lowest BCUT2D eigenvalue weighted by Gasteiger charge is -2.38. The fourth-order valence-electron chi connectivity index (χ4n) is 8.93. The van der Waals surface area contributed by atoms with Gasteiger partial charge in [-0.2, -0.15) is 0 Å². The molecule has 362 valence electrons. The van der Waals surface area contributed by atoms with Crippen LogP contribution in [0.2, 0.25) is 0 Å². The average Bonchev–Trinajstić information content (AvgIpc) is 3.92. The van der Waals surface area contributed by atoms with Gasteiger partial charge in [0, 0.05) is 74.2 Å². The predicted octanol–water partition coefficient (Wildman–Crippen LogP) is 4.70. The lowest BCUT2D eigenvalue weighted by atomic mass is 9.78. The monoisotopic (exact) mass is 939 g/mol. The van der Waals surface area contributed by atoms with Gasteiger partial charge in [0.2, 0.25) is 11.6 Å². The van der Waals surface area contributed by atoms with Crippen molar-refractivity contribution < 1.29 is 67.5 Å². The zero-order valence-corrected chi connectivity index (χ0v) is 39.1. The first kappa shape index (κ1) is 49.2. The van der Waals surface area contributed by atoms with Gasteiger partial charge in [-0.15, -0.1) is 0 Å². The number of Topliss-reactive ketones (excluding diaryl/α,β-unsaturated/α-hetero) is 3. The fraction of sp³-hybridized carbons (Fsp3) is 0.449. The number of aromatic nitrogens is 2. The van der Waals surface area contributed by atoms with E-state index in [9.17, 15) is 39.3 Å². The Hall–Kier alpha value is -6.67. The molecule has 1 fully saturated rings. The van der Waals surface area contributed by atoms with Gasteiger partial charge in [0.1, 0.15) is 34.7 Å². The number of rotatable bonds is 6. The minimum atomic E-state index is -2.13. The second kappa shape index (κ2) is 20.3. The molecule has 0 saturated carbocycles. The second-order valence-corrected chi connectivity index (χ2v) is 17.7. The van der Waals surface area contributed by atoms with E-state index in [0.29, 0.717) is 17.1 Å². The molecule has 9 atom stereocenters. The molecule has 19 nitrogen and oxygen atoms in total. The van der Waals surface area contributed by atoms with Gasteiger partial charge in [-0.1, -0.05) is 57.1 Å². The molecule has 1 saturated heterocycles. The number of hydrogen-bond donors (Lipinski definition) is 5. The van der Waals surface area contributed by atoms with Crippen LogP contribution in [0.1, 0.15) is 83.9 Å². The topological polar surface area (TPSA) is 258 Å². The first-order chi connectivity index (χ1) is 32.4. The third-order valence-electron chi connectivity index (χ3n) is 13.1. The number of carbonyl (C=O) groups is 5. The average molecular weight is 940 g/mol. The Kier molecular flexibility index (Phi) is 14.7. The SMILES string of the molecule is CO[C@H]1C=CO[C@@]2(C)Oc3c(C)c(O)c4c(c3C2=O)C(=O)C(N2CCOCC2)=C(NC(=O)C(C)=CC=C[C@H](C)[C@H](O)[C@@H](C)[C@@H](O)[C@@H](C)[C@H](OC(=O)NCc2cc(-c3ccccn3)no2)[C@@H]1C)C4=O. The summed E-state index contributed by atoms with van der Waals surface area (Å²) in [6, 6.07) is 6.96. The van der Waals surface area contributed by atoms with E-state index in [4.69, 9.17) is 28.2 Å². The molecule has 2 amide bonds. The summed E-state index contributed by atoms with van der Waals surface area (Å²) in [5.41, 5.74) is -0.574. The van der Waals surface area contributed by atoms with E-state index in [-0.39, 0.29) is 66.7 Å². The van der Waals surface area contributed by atoms with Gasteiger partial charge >= 0.3 is 11.9 Å². The maximum Gasteiger partial charge on any atom is 0.407 e. The number of phenols is 1. The highest BCUT2D eigenvalue weighted by molar-refractivity contribution is 6.32. The molecule has 5 bridgehead atoms. The van der Waals surface area contributed by atoms with Crippen LogP contribution in [-0.2, 0) is 30.3 Å². The van der Waals surface area contributed by atoms with Crippen LogP contribution >= 0.6 is 0 Å². The van der Waals surface area contributed by atoms with Crippen molar-refractivity contribution in [3.05, 3.63) is 106 Å². The lowest BCUT2D eigenvalue weighted by Crippen LogP contribution is -2.47. The summed E-state index contributed by atoms with van der Waals surface area (Å²) in [6.07, 6.45) is 3.65. The number of pyridine rings is 1. The Balaban J connectivity index is 1.24. The van der Waals surface area contributed by atoms with Gasteiger partial charge in [0.05, 0.1) is 66.7 Å². The van der Waals surface area contributed by atoms with E-state index in [0.717, 1.165) is 6.26 Å².